The molecule has 0 spiro atoms. The van der Waals surface area contributed by atoms with Crippen molar-refractivity contribution >= 4 is 5.69 Å². The number of piperidine rings is 1. The summed E-state index contributed by atoms with van der Waals surface area (Å²) in [5, 5.41) is 0. The second-order valence-electron chi connectivity index (χ2n) is 4.59. The number of pyridine rings is 1. The van der Waals surface area contributed by atoms with Crippen LogP contribution in [0.25, 0.3) is 0 Å². The van der Waals surface area contributed by atoms with Crippen LogP contribution in [0.2, 0.25) is 0 Å². The zero-order chi connectivity index (χ0) is 14.2. The summed E-state index contributed by atoms with van der Waals surface area (Å²) < 4.78 is 58.7. The van der Waals surface area contributed by atoms with Crippen molar-refractivity contribution in [3.05, 3.63) is 23.5 Å². The van der Waals surface area contributed by atoms with Gasteiger partial charge >= 0.3 is 0 Å². The van der Waals surface area contributed by atoms with E-state index in [9.17, 15) is 17.6 Å². The molecule has 1 fully saturated rings. The molecule has 1 aliphatic rings. The summed E-state index contributed by atoms with van der Waals surface area (Å²) in [6, 6.07) is -0.288. The maximum absolute atomic E-state index is 13.7. The van der Waals surface area contributed by atoms with Crippen molar-refractivity contribution in [2.75, 3.05) is 18.6 Å². The molecule has 2 rings (SSSR count). The Kier molecular flexibility index (Phi) is 3.93. The topological polar surface area (TPSA) is 25.4 Å². The average Bonchev–Trinajstić information content (AvgIpc) is 2.38. The van der Waals surface area contributed by atoms with Gasteiger partial charge in [-0.05, 0) is 19.8 Å². The molecule has 106 valence electrons. The number of aromatic nitrogens is 1. The first-order valence-corrected chi connectivity index (χ1v) is 5.95. The van der Waals surface area contributed by atoms with Crippen molar-refractivity contribution in [1.82, 2.24) is 4.98 Å². The predicted molar refractivity (Wildman–Crippen MR) is 60.9 cm³/mol. The predicted octanol–water partition coefficient (Wildman–Crippen LogP) is 2.64. The Balaban J connectivity index is 2.37. The van der Waals surface area contributed by atoms with E-state index in [0.29, 0.717) is 12.8 Å². The molecule has 2 unspecified atom stereocenters. The highest BCUT2D eigenvalue weighted by Gasteiger charge is 2.32. The lowest BCUT2D eigenvalue weighted by Gasteiger charge is -2.38. The molecule has 1 aliphatic heterocycles. The van der Waals surface area contributed by atoms with Gasteiger partial charge in [-0.3, -0.25) is 0 Å². The van der Waals surface area contributed by atoms with Crippen molar-refractivity contribution in [2.24, 2.45) is 0 Å². The van der Waals surface area contributed by atoms with E-state index in [1.54, 1.807) is 14.0 Å². The number of methoxy groups -OCH3 is 1. The van der Waals surface area contributed by atoms with Gasteiger partial charge in [0.1, 0.15) is 5.69 Å². The number of rotatable bonds is 2. The molecule has 0 radical (unpaired) electrons. The maximum atomic E-state index is 13.7. The van der Waals surface area contributed by atoms with E-state index < -0.39 is 29.2 Å². The Hall–Kier alpha value is -1.37. The number of nitrogens with zero attached hydrogens (tertiary/aromatic N) is 2. The minimum absolute atomic E-state index is 0.0195. The smallest absolute Gasteiger partial charge is 0.253 e. The van der Waals surface area contributed by atoms with Gasteiger partial charge in [-0.2, -0.15) is 22.5 Å². The maximum Gasteiger partial charge on any atom is 0.253 e. The fourth-order valence-corrected chi connectivity index (χ4v) is 2.40. The molecule has 0 aromatic carbocycles. The summed E-state index contributed by atoms with van der Waals surface area (Å²) in [4.78, 5) is 3.86. The average molecular weight is 278 g/mol. The van der Waals surface area contributed by atoms with Crippen molar-refractivity contribution in [3.8, 4) is 0 Å². The second-order valence-corrected chi connectivity index (χ2v) is 4.59. The summed E-state index contributed by atoms with van der Waals surface area (Å²) in [6.45, 7) is 1.98. The third-order valence-electron chi connectivity index (χ3n) is 3.42. The van der Waals surface area contributed by atoms with Crippen LogP contribution in [-0.4, -0.2) is 30.8 Å². The Labute approximate surface area is 108 Å². The largest absolute Gasteiger partial charge is 0.381 e. The highest BCUT2D eigenvalue weighted by Crippen LogP contribution is 2.31. The lowest BCUT2D eigenvalue weighted by molar-refractivity contribution is 0.0717. The highest BCUT2D eigenvalue weighted by atomic mass is 19.2. The third kappa shape index (κ3) is 2.51. The molecule has 0 saturated carbocycles. The van der Waals surface area contributed by atoms with Gasteiger partial charge < -0.3 is 9.64 Å². The zero-order valence-corrected chi connectivity index (χ0v) is 10.6. The Morgan fingerprint density at radius 1 is 1.16 bits per heavy atom. The van der Waals surface area contributed by atoms with Crippen LogP contribution in [0.4, 0.5) is 23.2 Å². The van der Waals surface area contributed by atoms with Crippen LogP contribution < -0.4 is 4.90 Å². The molecule has 2 heterocycles. The molecule has 1 aromatic heterocycles. The van der Waals surface area contributed by atoms with E-state index >= 15 is 0 Å². The van der Waals surface area contributed by atoms with Gasteiger partial charge in [-0.1, -0.05) is 0 Å². The van der Waals surface area contributed by atoms with Gasteiger partial charge in [-0.15, -0.1) is 0 Å². The van der Waals surface area contributed by atoms with Crippen LogP contribution in [0, 0.1) is 23.5 Å². The van der Waals surface area contributed by atoms with E-state index in [1.165, 1.54) is 4.90 Å². The van der Waals surface area contributed by atoms with E-state index in [2.05, 4.69) is 4.98 Å². The third-order valence-corrected chi connectivity index (χ3v) is 3.42. The van der Waals surface area contributed by atoms with Crippen LogP contribution >= 0.6 is 0 Å². The number of halogens is 4. The van der Waals surface area contributed by atoms with Gasteiger partial charge in [0.25, 0.3) is 11.9 Å². The van der Waals surface area contributed by atoms with Gasteiger partial charge in [-0.25, -0.2) is 0 Å². The van der Waals surface area contributed by atoms with E-state index in [0.717, 1.165) is 0 Å². The number of anilines is 1. The fourth-order valence-electron chi connectivity index (χ4n) is 2.40. The Morgan fingerprint density at radius 2 is 1.74 bits per heavy atom. The first kappa shape index (κ1) is 14.0. The molecule has 0 aliphatic carbocycles. The van der Waals surface area contributed by atoms with E-state index in [1.807, 2.05) is 0 Å². The van der Waals surface area contributed by atoms with Gasteiger partial charge in [0.05, 0.1) is 6.10 Å². The van der Waals surface area contributed by atoms with Crippen LogP contribution in [0.1, 0.15) is 19.8 Å². The lowest BCUT2D eigenvalue weighted by atomic mass is 10.00. The standard InChI is InChI=1S/C12H14F4N2O/c1-6-5-7(19-2)3-4-18(6)10-8(13)11(15)17-12(16)9(10)14/h6-7H,3-5H2,1-2H3. The van der Waals surface area contributed by atoms with Gasteiger partial charge in [0.15, 0.2) is 0 Å². The van der Waals surface area contributed by atoms with Crippen molar-refractivity contribution in [3.63, 3.8) is 0 Å². The molecule has 0 amide bonds. The quantitative estimate of drug-likeness (QED) is 0.614. The van der Waals surface area contributed by atoms with Crippen molar-refractivity contribution in [2.45, 2.75) is 31.9 Å². The molecule has 1 saturated heterocycles. The molecule has 3 nitrogen and oxygen atoms in total. The molecule has 1 aromatic rings. The van der Waals surface area contributed by atoms with E-state index in [4.69, 9.17) is 4.74 Å². The van der Waals surface area contributed by atoms with Crippen LogP contribution in [-0.2, 0) is 4.74 Å². The molecular formula is C12H14F4N2O. The SMILES string of the molecule is COC1CCN(c2c(F)c(F)nc(F)c2F)C(C)C1. The van der Waals surface area contributed by atoms with Crippen molar-refractivity contribution in [1.29, 1.82) is 0 Å². The molecule has 0 bridgehead atoms. The summed E-state index contributed by atoms with van der Waals surface area (Å²) >= 11 is 0. The molecule has 7 heteroatoms. The second kappa shape index (κ2) is 5.32. The number of ether oxygens (including phenoxy) is 1. The lowest BCUT2D eigenvalue weighted by Crippen LogP contribution is -2.44. The molecule has 19 heavy (non-hydrogen) atoms. The first-order chi connectivity index (χ1) is 8.95. The highest BCUT2D eigenvalue weighted by molar-refractivity contribution is 5.49. The summed E-state index contributed by atoms with van der Waals surface area (Å²) in [5.74, 6) is -6.17. The Bertz CT molecular complexity index is 457. The Morgan fingerprint density at radius 3 is 2.21 bits per heavy atom. The monoisotopic (exact) mass is 278 g/mol. The number of hydrogen-bond acceptors (Lipinski definition) is 3. The molecule has 2 atom stereocenters. The molecular weight excluding hydrogens is 264 g/mol. The number of hydrogen-bond donors (Lipinski definition) is 0. The van der Waals surface area contributed by atoms with Crippen LogP contribution in [0.5, 0.6) is 0 Å². The zero-order valence-electron chi connectivity index (χ0n) is 10.6. The van der Waals surface area contributed by atoms with E-state index in [-0.39, 0.29) is 18.7 Å². The summed E-state index contributed by atoms with van der Waals surface area (Å²) in [7, 11) is 1.56. The summed E-state index contributed by atoms with van der Waals surface area (Å²) in [6.07, 6.45) is 1.04. The van der Waals surface area contributed by atoms with Gasteiger partial charge in [0.2, 0.25) is 11.6 Å². The fraction of sp³-hybridized carbons (Fsp3) is 0.583. The first-order valence-electron chi connectivity index (χ1n) is 5.95. The van der Waals surface area contributed by atoms with Crippen LogP contribution in [0.3, 0.4) is 0 Å². The minimum Gasteiger partial charge on any atom is -0.381 e. The van der Waals surface area contributed by atoms with Crippen molar-refractivity contribution < 1.29 is 22.3 Å². The normalized spacial score (nSPS) is 23.8. The van der Waals surface area contributed by atoms with Gasteiger partial charge in [0, 0.05) is 19.7 Å². The minimum atomic E-state index is -1.63. The summed E-state index contributed by atoms with van der Waals surface area (Å²) in [5.41, 5.74) is -0.688. The van der Waals surface area contributed by atoms with Crippen LogP contribution in [0.15, 0.2) is 0 Å². The molecule has 0 N–H and O–H groups in total.